The van der Waals surface area contributed by atoms with E-state index in [1.54, 1.807) is 11.3 Å². The van der Waals surface area contributed by atoms with Crippen molar-refractivity contribution in [3.8, 4) is 0 Å². The molecule has 0 saturated heterocycles. The largest absolute Gasteiger partial charge is 0.389 e. The maximum absolute atomic E-state index is 10.6. The Labute approximate surface area is 132 Å². The summed E-state index contributed by atoms with van der Waals surface area (Å²) in [5.41, 5.74) is -0.501. The first-order valence-corrected chi connectivity index (χ1v) is 9.00. The van der Waals surface area contributed by atoms with Gasteiger partial charge >= 0.3 is 0 Å². The van der Waals surface area contributed by atoms with E-state index in [1.165, 1.54) is 4.88 Å². The molecule has 1 aromatic rings. The van der Waals surface area contributed by atoms with Gasteiger partial charge in [-0.1, -0.05) is 6.92 Å². The van der Waals surface area contributed by atoms with Crippen LogP contribution in [0.3, 0.4) is 0 Å². The Hall–Kier alpha value is -0.650. The normalized spacial score (nSPS) is 26.0. The van der Waals surface area contributed by atoms with Gasteiger partial charge in [-0.3, -0.25) is 0 Å². The first-order chi connectivity index (χ1) is 10.1. The second-order valence-corrected chi connectivity index (χ2v) is 7.39. The third kappa shape index (κ3) is 4.66. The van der Waals surface area contributed by atoms with Crippen LogP contribution in [-0.4, -0.2) is 35.3 Å². The van der Waals surface area contributed by atoms with Crippen LogP contribution >= 0.6 is 11.3 Å². The molecule has 1 heterocycles. The highest BCUT2D eigenvalue weighted by Gasteiger charge is 2.31. The van der Waals surface area contributed by atoms with Gasteiger partial charge in [-0.25, -0.2) is 4.98 Å². The van der Waals surface area contributed by atoms with Gasteiger partial charge in [0.05, 0.1) is 5.60 Å². The van der Waals surface area contributed by atoms with Crippen molar-refractivity contribution in [2.45, 2.75) is 58.6 Å². The third-order valence-corrected chi connectivity index (χ3v) is 5.59. The quantitative estimate of drug-likeness (QED) is 0.812. The lowest BCUT2D eigenvalue weighted by Crippen LogP contribution is -2.43. The van der Waals surface area contributed by atoms with Crippen molar-refractivity contribution in [2.24, 2.45) is 5.92 Å². The molecule has 0 unspecified atom stereocenters. The molecule has 1 aliphatic carbocycles. The molecule has 0 spiro atoms. The number of hydrogen-bond donors (Lipinski definition) is 2. The Bertz CT molecular complexity index is 423. The highest BCUT2D eigenvalue weighted by molar-refractivity contribution is 7.15. The summed E-state index contributed by atoms with van der Waals surface area (Å²) in [7, 11) is 0. The van der Waals surface area contributed by atoms with E-state index in [4.69, 9.17) is 0 Å². The summed E-state index contributed by atoms with van der Waals surface area (Å²) in [6.45, 7) is 10.1. The zero-order chi connectivity index (χ0) is 15.3. The Morgan fingerprint density at radius 3 is 2.67 bits per heavy atom. The fraction of sp³-hybridized carbons (Fsp3) is 0.812. The molecular weight excluding hydrogens is 282 g/mol. The zero-order valence-electron chi connectivity index (χ0n) is 13.6. The number of rotatable bonds is 7. The summed E-state index contributed by atoms with van der Waals surface area (Å²) in [5.74, 6) is 0.767. The molecule has 1 aliphatic rings. The second kappa shape index (κ2) is 7.56. The Morgan fingerprint density at radius 1 is 1.38 bits per heavy atom. The first-order valence-electron chi connectivity index (χ1n) is 8.19. The van der Waals surface area contributed by atoms with Crippen LogP contribution in [0.15, 0.2) is 6.20 Å². The number of nitrogens with zero attached hydrogens (tertiary/aromatic N) is 2. The van der Waals surface area contributed by atoms with Crippen LogP contribution in [0.25, 0.3) is 0 Å². The van der Waals surface area contributed by atoms with Crippen LogP contribution in [0.1, 0.15) is 51.3 Å². The van der Waals surface area contributed by atoms with Gasteiger partial charge in [0.15, 0.2) is 5.13 Å². The summed E-state index contributed by atoms with van der Waals surface area (Å²) in [5, 5.41) is 15.1. The first kappa shape index (κ1) is 16.7. The number of hydrogen-bond acceptors (Lipinski definition) is 5. The minimum absolute atomic E-state index is 0.501. The van der Waals surface area contributed by atoms with Gasteiger partial charge < -0.3 is 15.3 Å². The van der Waals surface area contributed by atoms with Crippen molar-refractivity contribution in [2.75, 3.05) is 24.5 Å². The van der Waals surface area contributed by atoms with E-state index in [2.05, 4.69) is 36.0 Å². The van der Waals surface area contributed by atoms with Crippen LogP contribution in [0.2, 0.25) is 0 Å². The Kier molecular flexibility index (Phi) is 6.02. The minimum atomic E-state index is -0.501. The van der Waals surface area contributed by atoms with Gasteiger partial charge in [-0.05, 0) is 45.4 Å². The van der Waals surface area contributed by atoms with E-state index in [0.29, 0.717) is 6.54 Å². The molecule has 5 heteroatoms. The molecule has 0 atom stereocenters. The van der Waals surface area contributed by atoms with E-state index in [-0.39, 0.29) is 0 Å². The second-order valence-electron chi connectivity index (χ2n) is 6.29. The lowest BCUT2D eigenvalue weighted by molar-refractivity contribution is -0.00625. The monoisotopic (exact) mass is 311 g/mol. The topological polar surface area (TPSA) is 48.4 Å². The lowest BCUT2D eigenvalue weighted by Gasteiger charge is -2.35. The van der Waals surface area contributed by atoms with Gasteiger partial charge in [0, 0.05) is 37.3 Å². The summed E-state index contributed by atoms with van der Waals surface area (Å²) in [4.78, 5) is 8.00. The summed E-state index contributed by atoms with van der Waals surface area (Å²) >= 11 is 1.75. The SMILES string of the molecule is CCN(CC)c1ncc(CNCC2(O)CCC(C)CC2)s1. The molecule has 0 radical (unpaired) electrons. The molecule has 2 rings (SSSR count). The Morgan fingerprint density at radius 2 is 2.05 bits per heavy atom. The summed E-state index contributed by atoms with van der Waals surface area (Å²) in [6, 6.07) is 0. The van der Waals surface area contributed by atoms with E-state index in [1.807, 2.05) is 6.20 Å². The molecule has 1 aromatic heterocycles. The fourth-order valence-corrected chi connectivity index (χ4v) is 3.92. The van der Waals surface area contributed by atoms with Crippen LogP contribution in [0.5, 0.6) is 0 Å². The molecule has 4 nitrogen and oxygen atoms in total. The van der Waals surface area contributed by atoms with E-state index < -0.39 is 5.60 Å². The van der Waals surface area contributed by atoms with E-state index >= 15 is 0 Å². The third-order valence-electron chi connectivity index (χ3n) is 4.53. The number of thiazole rings is 1. The predicted molar refractivity (Wildman–Crippen MR) is 90.0 cm³/mol. The van der Waals surface area contributed by atoms with Crippen molar-refractivity contribution in [3.05, 3.63) is 11.1 Å². The predicted octanol–water partition coefficient (Wildman–Crippen LogP) is 3.02. The number of aromatic nitrogens is 1. The summed E-state index contributed by atoms with van der Waals surface area (Å²) in [6.07, 6.45) is 6.09. The van der Waals surface area contributed by atoms with Crippen molar-refractivity contribution >= 4 is 16.5 Å². The van der Waals surface area contributed by atoms with E-state index in [9.17, 15) is 5.11 Å². The molecule has 0 aromatic carbocycles. The van der Waals surface area contributed by atoms with E-state index in [0.717, 1.165) is 56.4 Å². The van der Waals surface area contributed by atoms with Gasteiger partial charge in [-0.2, -0.15) is 0 Å². The molecule has 120 valence electrons. The molecular formula is C16H29N3OS. The number of nitrogens with one attached hydrogen (secondary N) is 1. The smallest absolute Gasteiger partial charge is 0.185 e. The highest BCUT2D eigenvalue weighted by atomic mass is 32.1. The highest BCUT2D eigenvalue weighted by Crippen LogP contribution is 2.31. The average molecular weight is 311 g/mol. The number of anilines is 1. The van der Waals surface area contributed by atoms with Gasteiger partial charge in [-0.15, -0.1) is 11.3 Å². The maximum atomic E-state index is 10.6. The fourth-order valence-electron chi connectivity index (χ4n) is 2.91. The van der Waals surface area contributed by atoms with Crippen molar-refractivity contribution in [1.29, 1.82) is 0 Å². The standard InChI is InChI=1S/C16H29N3OS/c1-4-19(5-2)15-18-11-14(21-15)10-17-12-16(20)8-6-13(3)7-9-16/h11,13,17,20H,4-10,12H2,1-3H3. The van der Waals surface area contributed by atoms with Crippen LogP contribution in [0, 0.1) is 5.92 Å². The van der Waals surface area contributed by atoms with Crippen molar-refractivity contribution in [1.82, 2.24) is 10.3 Å². The molecule has 0 aliphatic heterocycles. The minimum Gasteiger partial charge on any atom is -0.389 e. The van der Waals surface area contributed by atoms with Crippen LogP contribution in [0.4, 0.5) is 5.13 Å². The van der Waals surface area contributed by atoms with Crippen LogP contribution in [-0.2, 0) is 6.54 Å². The molecule has 21 heavy (non-hydrogen) atoms. The molecule has 1 saturated carbocycles. The molecule has 0 amide bonds. The molecule has 2 N–H and O–H groups in total. The summed E-state index contributed by atoms with van der Waals surface area (Å²) < 4.78 is 0. The van der Waals surface area contributed by atoms with Gasteiger partial charge in [0.25, 0.3) is 0 Å². The van der Waals surface area contributed by atoms with Crippen molar-refractivity contribution in [3.63, 3.8) is 0 Å². The van der Waals surface area contributed by atoms with Crippen LogP contribution < -0.4 is 10.2 Å². The lowest BCUT2D eigenvalue weighted by atomic mass is 9.79. The van der Waals surface area contributed by atoms with Crippen molar-refractivity contribution < 1.29 is 5.11 Å². The average Bonchev–Trinajstić information content (AvgIpc) is 2.93. The Balaban J connectivity index is 1.78. The number of aliphatic hydroxyl groups is 1. The molecule has 0 bridgehead atoms. The molecule has 1 fully saturated rings. The van der Waals surface area contributed by atoms with Gasteiger partial charge in [0.1, 0.15) is 0 Å². The van der Waals surface area contributed by atoms with Gasteiger partial charge in [0.2, 0.25) is 0 Å². The zero-order valence-corrected chi connectivity index (χ0v) is 14.4. The maximum Gasteiger partial charge on any atom is 0.185 e.